The number of methoxy groups -OCH3 is 1. The molecule has 1 aromatic rings. The van der Waals surface area contributed by atoms with Crippen molar-refractivity contribution < 1.29 is 4.74 Å². The maximum Gasteiger partial charge on any atom is 0.122 e. The van der Waals surface area contributed by atoms with Crippen molar-refractivity contribution in [2.75, 3.05) is 25.1 Å². The number of ether oxygens (including phenoxy) is 1. The Morgan fingerprint density at radius 3 is 2.65 bits per heavy atom. The molecule has 1 saturated heterocycles. The Kier molecular flexibility index (Phi) is 3.91. The minimum atomic E-state index is 0.342. The maximum atomic E-state index is 5.52. The average molecular weight is 251 g/mol. The quantitative estimate of drug-likeness (QED) is 0.821. The molecule has 4 nitrogen and oxygen atoms in total. The first-order valence-electron chi connectivity index (χ1n) is 5.74. The number of nitrogens with zero attached hydrogens (tertiary/aromatic N) is 2. The van der Waals surface area contributed by atoms with Crippen LogP contribution in [-0.2, 0) is 4.74 Å². The summed E-state index contributed by atoms with van der Waals surface area (Å²) in [6.45, 7) is 2.01. The zero-order valence-corrected chi connectivity index (χ0v) is 10.7. The fraction of sp³-hybridized carbons (Fsp3) is 0.500. The predicted molar refractivity (Wildman–Crippen MR) is 72.4 cm³/mol. The van der Waals surface area contributed by atoms with Gasteiger partial charge in [0.05, 0.1) is 23.7 Å². The summed E-state index contributed by atoms with van der Waals surface area (Å²) in [5, 5.41) is 0. The molecule has 0 aliphatic carbocycles. The number of aromatic nitrogens is 1. The van der Waals surface area contributed by atoms with Gasteiger partial charge in [-0.1, -0.05) is 12.2 Å². The van der Waals surface area contributed by atoms with Crippen LogP contribution in [0.2, 0.25) is 0 Å². The highest BCUT2D eigenvalue weighted by molar-refractivity contribution is 7.80. The third kappa shape index (κ3) is 2.92. The highest BCUT2D eigenvalue weighted by Crippen LogP contribution is 2.20. The van der Waals surface area contributed by atoms with Gasteiger partial charge in [0.1, 0.15) is 4.99 Å². The Labute approximate surface area is 107 Å². The van der Waals surface area contributed by atoms with Crippen LogP contribution in [0.3, 0.4) is 0 Å². The minimum Gasteiger partial charge on any atom is -0.388 e. The van der Waals surface area contributed by atoms with Crippen molar-refractivity contribution >= 4 is 22.9 Å². The molecule has 0 saturated carbocycles. The van der Waals surface area contributed by atoms with E-state index in [0.717, 1.165) is 31.6 Å². The van der Waals surface area contributed by atoms with Crippen LogP contribution in [0.4, 0.5) is 5.69 Å². The van der Waals surface area contributed by atoms with E-state index < -0.39 is 0 Å². The number of piperidine rings is 1. The largest absolute Gasteiger partial charge is 0.388 e. The van der Waals surface area contributed by atoms with Crippen LogP contribution >= 0.6 is 12.2 Å². The van der Waals surface area contributed by atoms with Crippen LogP contribution < -0.4 is 10.6 Å². The number of thiocarbonyl (C=S) groups is 1. The molecule has 0 unspecified atom stereocenters. The van der Waals surface area contributed by atoms with E-state index in [1.54, 1.807) is 7.11 Å². The lowest BCUT2D eigenvalue weighted by Gasteiger charge is -2.32. The SMILES string of the molecule is COC1CCN(c2ccc(C(N)=S)nc2)CC1. The average Bonchev–Trinajstić information content (AvgIpc) is 2.39. The number of rotatable bonds is 3. The number of anilines is 1. The summed E-state index contributed by atoms with van der Waals surface area (Å²) in [6.07, 6.45) is 4.36. The van der Waals surface area contributed by atoms with Gasteiger partial charge in [-0.2, -0.15) is 0 Å². The van der Waals surface area contributed by atoms with E-state index in [1.807, 2.05) is 18.3 Å². The van der Waals surface area contributed by atoms with Crippen molar-refractivity contribution in [2.24, 2.45) is 5.73 Å². The van der Waals surface area contributed by atoms with Crippen LogP contribution in [-0.4, -0.2) is 36.3 Å². The van der Waals surface area contributed by atoms with E-state index in [0.29, 0.717) is 16.8 Å². The molecule has 1 aliphatic rings. The second-order valence-corrected chi connectivity index (χ2v) is 4.63. The van der Waals surface area contributed by atoms with Gasteiger partial charge in [0.15, 0.2) is 0 Å². The molecule has 2 N–H and O–H groups in total. The molecule has 92 valence electrons. The molecular formula is C12H17N3OS. The van der Waals surface area contributed by atoms with Crippen molar-refractivity contribution in [1.82, 2.24) is 4.98 Å². The molecule has 2 heterocycles. The lowest BCUT2D eigenvalue weighted by Crippen LogP contribution is -2.36. The first-order valence-corrected chi connectivity index (χ1v) is 6.15. The number of nitrogens with two attached hydrogens (primary N) is 1. The number of pyridine rings is 1. The molecular weight excluding hydrogens is 234 g/mol. The Bertz CT molecular complexity index is 385. The molecule has 5 heteroatoms. The molecule has 0 amide bonds. The first kappa shape index (κ1) is 12.3. The van der Waals surface area contributed by atoms with Gasteiger partial charge in [-0.25, -0.2) is 0 Å². The van der Waals surface area contributed by atoms with Crippen LogP contribution in [0, 0.1) is 0 Å². The molecule has 1 fully saturated rings. The number of hydrogen-bond acceptors (Lipinski definition) is 4. The molecule has 1 aliphatic heterocycles. The van der Waals surface area contributed by atoms with Gasteiger partial charge < -0.3 is 15.4 Å². The minimum absolute atomic E-state index is 0.342. The van der Waals surface area contributed by atoms with Gasteiger partial charge in [-0.15, -0.1) is 0 Å². The van der Waals surface area contributed by atoms with Crippen LogP contribution in [0.5, 0.6) is 0 Å². The fourth-order valence-corrected chi connectivity index (χ4v) is 2.19. The highest BCUT2D eigenvalue weighted by atomic mass is 32.1. The molecule has 0 spiro atoms. The van der Waals surface area contributed by atoms with Crippen molar-refractivity contribution in [1.29, 1.82) is 0 Å². The molecule has 0 aromatic carbocycles. The van der Waals surface area contributed by atoms with Gasteiger partial charge in [-0.3, -0.25) is 4.98 Å². The highest BCUT2D eigenvalue weighted by Gasteiger charge is 2.18. The molecule has 1 aromatic heterocycles. The molecule has 0 bridgehead atoms. The lowest BCUT2D eigenvalue weighted by molar-refractivity contribution is 0.0819. The Morgan fingerprint density at radius 2 is 2.18 bits per heavy atom. The summed E-state index contributed by atoms with van der Waals surface area (Å²) < 4.78 is 5.35. The van der Waals surface area contributed by atoms with E-state index in [9.17, 15) is 0 Å². The smallest absolute Gasteiger partial charge is 0.122 e. The second-order valence-electron chi connectivity index (χ2n) is 4.19. The second kappa shape index (κ2) is 5.42. The third-order valence-electron chi connectivity index (χ3n) is 3.14. The van der Waals surface area contributed by atoms with E-state index in [2.05, 4.69) is 9.88 Å². The van der Waals surface area contributed by atoms with E-state index in [1.165, 1.54) is 0 Å². The summed E-state index contributed by atoms with van der Waals surface area (Å²) in [7, 11) is 1.78. The zero-order valence-electron chi connectivity index (χ0n) is 9.93. The monoisotopic (exact) mass is 251 g/mol. The van der Waals surface area contributed by atoms with Gasteiger partial charge in [0.25, 0.3) is 0 Å². The van der Waals surface area contributed by atoms with Gasteiger partial charge in [0.2, 0.25) is 0 Å². The lowest BCUT2D eigenvalue weighted by atomic mass is 10.1. The van der Waals surface area contributed by atoms with Gasteiger partial charge >= 0.3 is 0 Å². The standard InChI is InChI=1S/C12H17N3OS/c1-16-10-4-6-15(7-5-10)9-2-3-11(12(13)17)14-8-9/h2-3,8,10H,4-7H2,1H3,(H2,13,17). The van der Waals surface area contributed by atoms with Crippen molar-refractivity contribution in [3.05, 3.63) is 24.0 Å². The van der Waals surface area contributed by atoms with Crippen molar-refractivity contribution in [2.45, 2.75) is 18.9 Å². The Morgan fingerprint density at radius 1 is 1.47 bits per heavy atom. The van der Waals surface area contributed by atoms with Crippen LogP contribution in [0.1, 0.15) is 18.5 Å². The summed E-state index contributed by atoms with van der Waals surface area (Å²) in [6, 6.07) is 3.90. The van der Waals surface area contributed by atoms with Crippen molar-refractivity contribution in [3.63, 3.8) is 0 Å². The van der Waals surface area contributed by atoms with Gasteiger partial charge in [-0.05, 0) is 25.0 Å². The van der Waals surface area contributed by atoms with Gasteiger partial charge in [0, 0.05) is 20.2 Å². The first-order chi connectivity index (χ1) is 8.20. The van der Waals surface area contributed by atoms with Crippen molar-refractivity contribution in [3.8, 4) is 0 Å². The van der Waals surface area contributed by atoms with Crippen LogP contribution in [0.25, 0.3) is 0 Å². The maximum absolute atomic E-state index is 5.52. The zero-order chi connectivity index (χ0) is 12.3. The molecule has 2 rings (SSSR count). The fourth-order valence-electron chi connectivity index (χ4n) is 2.07. The summed E-state index contributed by atoms with van der Waals surface area (Å²) >= 11 is 4.88. The summed E-state index contributed by atoms with van der Waals surface area (Å²) in [5.41, 5.74) is 7.32. The van der Waals surface area contributed by atoms with E-state index in [-0.39, 0.29) is 0 Å². The molecule has 0 atom stereocenters. The third-order valence-corrected chi connectivity index (χ3v) is 3.35. The summed E-state index contributed by atoms with van der Waals surface area (Å²) in [5.74, 6) is 0. The normalized spacial score (nSPS) is 17.1. The van der Waals surface area contributed by atoms with E-state index in [4.69, 9.17) is 22.7 Å². The number of hydrogen-bond donors (Lipinski definition) is 1. The Hall–Kier alpha value is -1.20. The Balaban J connectivity index is 2.01. The van der Waals surface area contributed by atoms with Crippen LogP contribution in [0.15, 0.2) is 18.3 Å². The summed E-state index contributed by atoms with van der Waals surface area (Å²) in [4.78, 5) is 6.91. The molecule has 17 heavy (non-hydrogen) atoms. The molecule has 0 radical (unpaired) electrons. The van der Waals surface area contributed by atoms with E-state index >= 15 is 0 Å². The topological polar surface area (TPSA) is 51.4 Å². The predicted octanol–water partition coefficient (Wildman–Crippen LogP) is 1.33.